The zero-order chi connectivity index (χ0) is 11.7. The van der Waals surface area contributed by atoms with Crippen molar-refractivity contribution in [1.82, 2.24) is 9.38 Å². The molecular weight excluding hydrogens is 214 g/mol. The van der Waals surface area contributed by atoms with E-state index in [-0.39, 0.29) is 11.3 Å². The quantitative estimate of drug-likeness (QED) is 0.429. The third-order valence-electron chi connectivity index (χ3n) is 2.09. The molecule has 0 unspecified atom stereocenters. The molecule has 0 atom stereocenters. The summed E-state index contributed by atoms with van der Waals surface area (Å²) in [5.74, 6) is -0.653. The molecule has 2 rings (SSSR count). The van der Waals surface area contributed by atoms with Gasteiger partial charge in [0.2, 0.25) is 0 Å². The smallest absolute Gasteiger partial charge is 0.341 e. The van der Waals surface area contributed by atoms with Crippen molar-refractivity contribution in [2.24, 2.45) is 0 Å². The minimum atomic E-state index is -0.653. The number of hydrogen-bond acceptors (Lipinski definition) is 5. The first kappa shape index (κ1) is 10.1. The van der Waals surface area contributed by atoms with E-state index in [2.05, 4.69) is 9.72 Å². The van der Waals surface area contributed by atoms with E-state index in [9.17, 15) is 14.9 Å². The molecule has 0 bridgehead atoms. The first-order chi connectivity index (χ1) is 7.63. The van der Waals surface area contributed by atoms with E-state index in [0.717, 1.165) is 6.07 Å². The summed E-state index contributed by atoms with van der Waals surface area (Å²) in [7, 11) is 1.21. The fraction of sp³-hybridized carbons (Fsp3) is 0.111. The van der Waals surface area contributed by atoms with E-state index in [1.807, 2.05) is 0 Å². The highest BCUT2D eigenvalue weighted by Crippen LogP contribution is 2.18. The van der Waals surface area contributed by atoms with E-state index in [1.165, 1.54) is 30.1 Å². The third kappa shape index (κ3) is 1.48. The average Bonchev–Trinajstić information content (AvgIpc) is 2.74. The van der Waals surface area contributed by atoms with E-state index in [0.29, 0.717) is 5.65 Å². The number of methoxy groups -OCH3 is 1. The van der Waals surface area contributed by atoms with Crippen molar-refractivity contribution in [3.05, 3.63) is 40.3 Å². The summed E-state index contributed by atoms with van der Waals surface area (Å²) in [5, 5.41) is 10.6. The van der Waals surface area contributed by atoms with E-state index < -0.39 is 10.9 Å². The number of hydrogen-bond donors (Lipinski definition) is 0. The number of imidazole rings is 1. The fourth-order valence-corrected chi connectivity index (χ4v) is 1.38. The van der Waals surface area contributed by atoms with Crippen LogP contribution in [0.5, 0.6) is 0 Å². The van der Waals surface area contributed by atoms with E-state index >= 15 is 0 Å². The van der Waals surface area contributed by atoms with Crippen LogP contribution in [0.1, 0.15) is 10.4 Å². The largest absolute Gasteiger partial charge is 0.465 e. The van der Waals surface area contributed by atoms with Gasteiger partial charge in [0.25, 0.3) is 5.69 Å². The molecule has 0 radical (unpaired) electrons. The summed E-state index contributed by atoms with van der Waals surface area (Å²) in [6, 6.07) is 1.15. The normalized spacial score (nSPS) is 10.3. The Morgan fingerprint density at radius 3 is 3.00 bits per heavy atom. The lowest BCUT2D eigenvalue weighted by Crippen LogP contribution is -2.05. The lowest BCUT2D eigenvalue weighted by molar-refractivity contribution is -0.385. The van der Waals surface area contributed by atoms with Crippen molar-refractivity contribution in [2.45, 2.75) is 0 Å². The van der Waals surface area contributed by atoms with Crippen LogP contribution in [0, 0.1) is 10.1 Å². The Labute approximate surface area is 89.4 Å². The summed E-state index contributed by atoms with van der Waals surface area (Å²) in [6.45, 7) is 0. The highest BCUT2D eigenvalue weighted by atomic mass is 16.6. The number of carbonyl (C=O) groups is 1. The molecule has 7 heteroatoms. The molecule has 0 spiro atoms. The van der Waals surface area contributed by atoms with Crippen molar-refractivity contribution in [3.63, 3.8) is 0 Å². The highest BCUT2D eigenvalue weighted by molar-refractivity contribution is 5.96. The maximum Gasteiger partial charge on any atom is 0.341 e. The summed E-state index contributed by atoms with van der Waals surface area (Å²) in [6.07, 6.45) is 4.26. The minimum absolute atomic E-state index is 0.0710. The van der Waals surface area contributed by atoms with Crippen LogP contribution < -0.4 is 0 Å². The molecule has 0 aliphatic heterocycles. The predicted molar refractivity (Wildman–Crippen MR) is 53.2 cm³/mol. The summed E-state index contributed by atoms with van der Waals surface area (Å²) in [4.78, 5) is 25.4. The van der Waals surface area contributed by atoms with Gasteiger partial charge < -0.3 is 4.74 Å². The maximum absolute atomic E-state index is 11.4. The van der Waals surface area contributed by atoms with Crippen LogP contribution in [0.15, 0.2) is 24.7 Å². The lowest BCUT2D eigenvalue weighted by atomic mass is 10.2. The molecule has 0 aromatic carbocycles. The topological polar surface area (TPSA) is 86.7 Å². The molecule has 2 aromatic rings. The molecule has 0 amide bonds. The molecule has 0 saturated heterocycles. The Hall–Kier alpha value is -2.44. The standard InChI is InChI=1S/C9H7N3O4/c1-16-9(13)7-4-6(12(14)15)5-11-3-2-10-8(7)11/h2-5H,1H3. The Bertz CT molecular complexity index is 575. The van der Waals surface area contributed by atoms with Gasteiger partial charge in [-0.3, -0.25) is 14.5 Å². The molecule has 2 heterocycles. The highest BCUT2D eigenvalue weighted by Gasteiger charge is 2.18. The van der Waals surface area contributed by atoms with Gasteiger partial charge >= 0.3 is 5.97 Å². The Kier molecular flexibility index (Phi) is 2.28. The molecule has 0 fully saturated rings. The molecule has 0 aliphatic rings. The first-order valence-corrected chi connectivity index (χ1v) is 4.33. The second kappa shape index (κ2) is 3.61. The number of nitro groups is 1. The molecule has 0 saturated carbocycles. The van der Waals surface area contributed by atoms with Crippen molar-refractivity contribution < 1.29 is 14.5 Å². The molecular formula is C9H7N3O4. The van der Waals surface area contributed by atoms with Crippen LogP contribution in [0.25, 0.3) is 5.65 Å². The zero-order valence-corrected chi connectivity index (χ0v) is 8.28. The second-order valence-corrected chi connectivity index (χ2v) is 3.02. The minimum Gasteiger partial charge on any atom is -0.465 e. The van der Waals surface area contributed by atoms with E-state index in [4.69, 9.17) is 0 Å². The van der Waals surface area contributed by atoms with Crippen LogP contribution in [0.4, 0.5) is 5.69 Å². The number of rotatable bonds is 2. The monoisotopic (exact) mass is 221 g/mol. The number of fused-ring (bicyclic) bond motifs is 1. The van der Waals surface area contributed by atoms with Crippen molar-refractivity contribution >= 4 is 17.3 Å². The Balaban J connectivity index is 2.73. The second-order valence-electron chi connectivity index (χ2n) is 3.02. The predicted octanol–water partition coefficient (Wildman–Crippen LogP) is 1.03. The molecule has 16 heavy (non-hydrogen) atoms. The van der Waals surface area contributed by atoms with Gasteiger partial charge in [-0.25, -0.2) is 9.78 Å². The molecule has 2 aromatic heterocycles. The van der Waals surface area contributed by atoms with Gasteiger partial charge in [-0.1, -0.05) is 0 Å². The average molecular weight is 221 g/mol. The van der Waals surface area contributed by atoms with Gasteiger partial charge in [0.15, 0.2) is 5.65 Å². The number of carbonyl (C=O) groups excluding carboxylic acids is 1. The van der Waals surface area contributed by atoms with Crippen LogP contribution in [0.2, 0.25) is 0 Å². The van der Waals surface area contributed by atoms with Gasteiger partial charge in [0.05, 0.1) is 18.2 Å². The molecule has 0 aliphatic carbocycles. The zero-order valence-electron chi connectivity index (χ0n) is 8.28. The summed E-state index contributed by atoms with van der Waals surface area (Å²) < 4.78 is 5.94. The lowest BCUT2D eigenvalue weighted by Gasteiger charge is -2.01. The van der Waals surface area contributed by atoms with Gasteiger partial charge in [0, 0.05) is 18.5 Å². The van der Waals surface area contributed by atoms with Crippen molar-refractivity contribution in [3.8, 4) is 0 Å². The molecule has 0 N–H and O–H groups in total. The number of ether oxygens (including phenoxy) is 1. The van der Waals surface area contributed by atoms with Gasteiger partial charge in [0.1, 0.15) is 5.56 Å². The Morgan fingerprint density at radius 2 is 2.38 bits per heavy atom. The van der Waals surface area contributed by atoms with Crippen LogP contribution in [0.3, 0.4) is 0 Å². The SMILES string of the molecule is COC(=O)c1cc([N+](=O)[O-])cn2ccnc12. The fourth-order valence-electron chi connectivity index (χ4n) is 1.38. The van der Waals surface area contributed by atoms with Crippen molar-refractivity contribution in [1.29, 1.82) is 0 Å². The first-order valence-electron chi connectivity index (χ1n) is 4.33. The van der Waals surface area contributed by atoms with Crippen LogP contribution >= 0.6 is 0 Å². The molecule has 82 valence electrons. The maximum atomic E-state index is 11.4. The van der Waals surface area contributed by atoms with Crippen LogP contribution in [-0.2, 0) is 4.74 Å². The number of aromatic nitrogens is 2. The van der Waals surface area contributed by atoms with Gasteiger partial charge in [-0.15, -0.1) is 0 Å². The number of nitrogens with zero attached hydrogens (tertiary/aromatic N) is 3. The summed E-state index contributed by atoms with van der Waals surface area (Å²) in [5.41, 5.74) is 0.213. The van der Waals surface area contributed by atoms with Gasteiger partial charge in [-0.2, -0.15) is 0 Å². The summed E-state index contributed by atoms with van der Waals surface area (Å²) >= 11 is 0. The number of pyridine rings is 1. The Morgan fingerprint density at radius 1 is 1.62 bits per heavy atom. The van der Waals surface area contributed by atoms with Crippen LogP contribution in [-0.4, -0.2) is 27.4 Å². The third-order valence-corrected chi connectivity index (χ3v) is 2.09. The van der Waals surface area contributed by atoms with Crippen molar-refractivity contribution in [2.75, 3.05) is 7.11 Å². The molecule has 7 nitrogen and oxygen atoms in total. The van der Waals surface area contributed by atoms with E-state index in [1.54, 1.807) is 0 Å². The van der Waals surface area contributed by atoms with Gasteiger partial charge in [-0.05, 0) is 0 Å². The number of esters is 1.